The third kappa shape index (κ3) is 4.04. The van der Waals surface area contributed by atoms with Crippen molar-refractivity contribution in [2.75, 3.05) is 5.32 Å². The number of amides is 1. The number of aromatic nitrogens is 2. The van der Waals surface area contributed by atoms with Crippen LogP contribution in [0.3, 0.4) is 0 Å². The fraction of sp³-hybridized carbons (Fsp3) is 0.304. The number of rotatable bonds is 3. The summed E-state index contributed by atoms with van der Waals surface area (Å²) in [5.74, 6) is 0.557. The topological polar surface area (TPSA) is 87.8 Å². The first-order chi connectivity index (χ1) is 14.2. The van der Waals surface area contributed by atoms with Gasteiger partial charge in [-0.1, -0.05) is 25.0 Å². The van der Waals surface area contributed by atoms with Crippen LogP contribution in [-0.4, -0.2) is 15.5 Å². The number of nitriles is 1. The summed E-state index contributed by atoms with van der Waals surface area (Å²) < 4.78 is 1.80. The van der Waals surface area contributed by atoms with E-state index in [1.54, 1.807) is 34.9 Å². The third-order valence-corrected chi connectivity index (χ3v) is 5.32. The molecule has 0 radical (unpaired) electrons. The van der Waals surface area contributed by atoms with Crippen molar-refractivity contribution in [3.05, 3.63) is 69.8 Å². The summed E-state index contributed by atoms with van der Waals surface area (Å²) in [4.78, 5) is 30.3. The standard InChI is InChI=1S/C23H22N4O2/c24-13-12-16-6-9-18(10-7-16)25-22(28)17-8-11-19-20(15-17)26-21-5-3-1-2-4-14-27(21)23(19)29/h6-11,15H,1-5,12,14H2,(H,25,28). The zero-order valence-corrected chi connectivity index (χ0v) is 16.1. The zero-order chi connectivity index (χ0) is 20.2. The van der Waals surface area contributed by atoms with E-state index in [0.717, 1.165) is 43.5 Å². The Hall–Kier alpha value is -3.46. The Morgan fingerprint density at radius 1 is 1.10 bits per heavy atom. The molecule has 0 aliphatic carbocycles. The van der Waals surface area contributed by atoms with E-state index in [1.165, 1.54) is 0 Å². The maximum Gasteiger partial charge on any atom is 0.261 e. The van der Waals surface area contributed by atoms with Crippen LogP contribution in [-0.2, 0) is 19.4 Å². The van der Waals surface area contributed by atoms with Crippen molar-refractivity contribution < 1.29 is 4.79 Å². The van der Waals surface area contributed by atoms with Gasteiger partial charge >= 0.3 is 0 Å². The summed E-state index contributed by atoms with van der Waals surface area (Å²) in [5.41, 5.74) is 2.56. The van der Waals surface area contributed by atoms with Crippen LogP contribution >= 0.6 is 0 Å². The molecule has 146 valence electrons. The van der Waals surface area contributed by atoms with Crippen molar-refractivity contribution in [2.45, 2.75) is 45.1 Å². The van der Waals surface area contributed by atoms with Crippen molar-refractivity contribution in [2.24, 2.45) is 0 Å². The van der Waals surface area contributed by atoms with E-state index in [0.29, 0.717) is 35.1 Å². The molecular weight excluding hydrogens is 364 g/mol. The number of fused-ring (bicyclic) bond motifs is 2. The molecule has 0 atom stereocenters. The zero-order valence-electron chi connectivity index (χ0n) is 16.1. The van der Waals surface area contributed by atoms with Gasteiger partial charge in [0, 0.05) is 24.2 Å². The van der Waals surface area contributed by atoms with E-state index in [-0.39, 0.29) is 11.5 Å². The van der Waals surface area contributed by atoms with E-state index in [1.807, 2.05) is 12.1 Å². The minimum Gasteiger partial charge on any atom is -0.322 e. The van der Waals surface area contributed by atoms with Gasteiger partial charge in [0.15, 0.2) is 0 Å². The van der Waals surface area contributed by atoms with Crippen LogP contribution in [0.5, 0.6) is 0 Å². The normalized spacial score (nSPS) is 13.8. The number of carbonyl (C=O) groups excluding carboxylic acids is 1. The van der Waals surface area contributed by atoms with Gasteiger partial charge < -0.3 is 5.32 Å². The number of anilines is 1. The molecule has 0 spiro atoms. The van der Waals surface area contributed by atoms with Gasteiger partial charge in [-0.2, -0.15) is 5.26 Å². The molecule has 0 saturated carbocycles. The SMILES string of the molecule is N#CCc1ccc(NC(=O)c2ccc3c(=O)n4c(nc3c2)CCCCCC4)cc1. The van der Waals surface area contributed by atoms with Gasteiger partial charge in [-0.3, -0.25) is 14.2 Å². The van der Waals surface area contributed by atoms with E-state index in [9.17, 15) is 9.59 Å². The third-order valence-electron chi connectivity index (χ3n) is 5.32. The van der Waals surface area contributed by atoms with Crippen molar-refractivity contribution >= 4 is 22.5 Å². The molecule has 1 amide bonds. The van der Waals surface area contributed by atoms with E-state index >= 15 is 0 Å². The van der Waals surface area contributed by atoms with Crippen molar-refractivity contribution in [1.82, 2.24) is 9.55 Å². The first-order valence-electron chi connectivity index (χ1n) is 9.96. The molecule has 6 nitrogen and oxygen atoms in total. The highest BCUT2D eigenvalue weighted by Crippen LogP contribution is 2.18. The van der Waals surface area contributed by atoms with E-state index in [2.05, 4.69) is 11.4 Å². The van der Waals surface area contributed by atoms with E-state index in [4.69, 9.17) is 10.2 Å². The van der Waals surface area contributed by atoms with Crippen LogP contribution in [0.15, 0.2) is 47.3 Å². The summed E-state index contributed by atoms with van der Waals surface area (Å²) in [6.45, 7) is 0.709. The lowest BCUT2D eigenvalue weighted by molar-refractivity contribution is 0.102. The number of aryl methyl sites for hydroxylation is 1. The molecule has 0 fully saturated rings. The molecular formula is C23H22N4O2. The quantitative estimate of drug-likeness (QED) is 0.741. The highest BCUT2D eigenvalue weighted by Gasteiger charge is 2.15. The number of hydrogen-bond donors (Lipinski definition) is 1. The van der Waals surface area contributed by atoms with Gasteiger partial charge in [-0.15, -0.1) is 0 Å². The second-order valence-corrected chi connectivity index (χ2v) is 7.37. The molecule has 2 aromatic carbocycles. The first kappa shape index (κ1) is 18.9. The molecule has 2 heterocycles. The summed E-state index contributed by atoms with van der Waals surface area (Å²) >= 11 is 0. The van der Waals surface area contributed by atoms with Crippen molar-refractivity contribution in [3.8, 4) is 6.07 Å². The van der Waals surface area contributed by atoms with Gasteiger partial charge in [0.05, 0.1) is 23.4 Å². The van der Waals surface area contributed by atoms with Gasteiger partial charge in [-0.25, -0.2) is 4.98 Å². The minimum atomic E-state index is -0.256. The van der Waals surface area contributed by atoms with Crippen LogP contribution in [0.4, 0.5) is 5.69 Å². The van der Waals surface area contributed by atoms with Gasteiger partial charge in [0.25, 0.3) is 11.5 Å². The predicted molar refractivity (Wildman–Crippen MR) is 112 cm³/mol. The monoisotopic (exact) mass is 386 g/mol. The van der Waals surface area contributed by atoms with Gasteiger partial charge in [0.2, 0.25) is 0 Å². The molecule has 29 heavy (non-hydrogen) atoms. The minimum absolute atomic E-state index is 0.0214. The Labute approximate surface area is 168 Å². The van der Waals surface area contributed by atoms with Crippen molar-refractivity contribution in [1.29, 1.82) is 5.26 Å². The van der Waals surface area contributed by atoms with Crippen LogP contribution < -0.4 is 10.9 Å². The van der Waals surface area contributed by atoms with Crippen LogP contribution in [0.25, 0.3) is 10.9 Å². The molecule has 4 rings (SSSR count). The smallest absolute Gasteiger partial charge is 0.261 e. The van der Waals surface area contributed by atoms with Gasteiger partial charge in [0.1, 0.15) is 5.82 Å². The lowest BCUT2D eigenvalue weighted by atomic mass is 10.1. The number of nitrogens with one attached hydrogen (secondary N) is 1. The number of hydrogen-bond acceptors (Lipinski definition) is 4. The Morgan fingerprint density at radius 3 is 2.69 bits per heavy atom. The molecule has 1 aliphatic heterocycles. The molecule has 0 saturated heterocycles. The summed E-state index contributed by atoms with van der Waals surface area (Å²) in [6.07, 6.45) is 5.44. The average molecular weight is 386 g/mol. The largest absolute Gasteiger partial charge is 0.322 e. The summed E-state index contributed by atoms with van der Waals surface area (Å²) in [6, 6.07) is 14.3. The predicted octanol–water partition coefficient (Wildman–Crippen LogP) is 3.83. The fourth-order valence-corrected chi connectivity index (χ4v) is 3.74. The molecule has 0 bridgehead atoms. The summed E-state index contributed by atoms with van der Waals surface area (Å²) in [7, 11) is 0. The summed E-state index contributed by atoms with van der Waals surface area (Å²) in [5, 5.41) is 12.1. The molecule has 0 unspecified atom stereocenters. The maximum absolute atomic E-state index is 12.9. The van der Waals surface area contributed by atoms with Crippen LogP contribution in [0.1, 0.15) is 47.4 Å². The Kier molecular flexibility index (Phi) is 5.39. The lowest BCUT2D eigenvalue weighted by Crippen LogP contribution is -2.26. The first-order valence-corrected chi connectivity index (χ1v) is 9.96. The van der Waals surface area contributed by atoms with Gasteiger partial charge in [-0.05, 0) is 48.7 Å². The maximum atomic E-state index is 12.9. The van der Waals surface area contributed by atoms with E-state index < -0.39 is 0 Å². The molecule has 1 aromatic heterocycles. The highest BCUT2D eigenvalue weighted by atomic mass is 16.1. The molecule has 3 aromatic rings. The molecule has 1 aliphatic rings. The highest BCUT2D eigenvalue weighted by molar-refractivity contribution is 6.06. The lowest BCUT2D eigenvalue weighted by Gasteiger charge is -2.16. The number of nitrogens with zero attached hydrogens (tertiary/aromatic N) is 3. The van der Waals surface area contributed by atoms with Crippen molar-refractivity contribution in [3.63, 3.8) is 0 Å². The average Bonchev–Trinajstić information content (AvgIpc) is 2.71. The van der Waals surface area contributed by atoms with Crippen LogP contribution in [0, 0.1) is 11.3 Å². The number of carbonyl (C=O) groups is 1. The Balaban J connectivity index is 1.62. The second kappa shape index (κ2) is 8.27. The Bertz CT molecular complexity index is 1160. The fourth-order valence-electron chi connectivity index (χ4n) is 3.74. The van der Waals surface area contributed by atoms with Crippen LogP contribution in [0.2, 0.25) is 0 Å². The molecule has 1 N–H and O–H groups in total. The second-order valence-electron chi connectivity index (χ2n) is 7.37. The Morgan fingerprint density at radius 2 is 1.90 bits per heavy atom. The number of benzene rings is 2. The molecule has 6 heteroatoms.